The topological polar surface area (TPSA) is 17.1 Å². The third-order valence-corrected chi connectivity index (χ3v) is 2.93. The molecule has 0 saturated carbocycles. The van der Waals surface area contributed by atoms with Gasteiger partial charge in [-0.15, -0.1) is 11.8 Å². The summed E-state index contributed by atoms with van der Waals surface area (Å²) in [6, 6.07) is 5.89. The average molecular weight is 194 g/mol. The number of rotatable bonds is 3. The van der Waals surface area contributed by atoms with E-state index in [1.807, 2.05) is 31.4 Å². The van der Waals surface area contributed by atoms with Crippen molar-refractivity contribution < 1.29 is 4.79 Å². The first-order chi connectivity index (χ1) is 6.19. The number of carbonyl (C=O) groups is 1. The van der Waals surface area contributed by atoms with Gasteiger partial charge in [-0.05, 0) is 24.8 Å². The largest absolute Gasteiger partial charge is 0.294 e. The third kappa shape index (κ3) is 2.34. The molecule has 70 valence electrons. The Morgan fingerprint density at radius 1 is 1.46 bits per heavy atom. The number of benzene rings is 1. The minimum Gasteiger partial charge on any atom is -0.294 e. The van der Waals surface area contributed by atoms with Gasteiger partial charge in [0.1, 0.15) is 0 Å². The standard InChI is InChI=1S/C11H14OS/c1-4-10(12)9-6-5-8(2)11(7-9)13-3/h5-7H,4H2,1-3H3. The second-order valence-corrected chi connectivity index (χ2v) is 3.81. The molecule has 0 heterocycles. The summed E-state index contributed by atoms with van der Waals surface area (Å²) in [6.07, 6.45) is 2.61. The molecule has 0 unspecified atom stereocenters. The molecule has 0 aliphatic heterocycles. The quantitative estimate of drug-likeness (QED) is 0.542. The first-order valence-electron chi connectivity index (χ1n) is 4.37. The Hall–Kier alpha value is -0.760. The van der Waals surface area contributed by atoms with Crippen molar-refractivity contribution in [2.45, 2.75) is 25.2 Å². The van der Waals surface area contributed by atoms with Crippen molar-refractivity contribution in [3.05, 3.63) is 29.3 Å². The van der Waals surface area contributed by atoms with Gasteiger partial charge in [0.15, 0.2) is 5.78 Å². The molecule has 1 nitrogen and oxygen atoms in total. The lowest BCUT2D eigenvalue weighted by molar-refractivity contribution is 0.0988. The van der Waals surface area contributed by atoms with E-state index in [2.05, 4.69) is 6.92 Å². The van der Waals surface area contributed by atoms with E-state index in [0.717, 1.165) is 5.56 Å². The van der Waals surface area contributed by atoms with Crippen molar-refractivity contribution in [3.63, 3.8) is 0 Å². The van der Waals surface area contributed by atoms with Crippen molar-refractivity contribution in [3.8, 4) is 0 Å². The Labute approximate surface area is 83.5 Å². The van der Waals surface area contributed by atoms with Crippen molar-refractivity contribution >= 4 is 17.5 Å². The molecule has 1 aromatic rings. The first kappa shape index (κ1) is 10.3. The van der Waals surface area contributed by atoms with Gasteiger partial charge in [-0.1, -0.05) is 19.1 Å². The lowest BCUT2D eigenvalue weighted by Crippen LogP contribution is -1.96. The summed E-state index contributed by atoms with van der Waals surface area (Å²) in [5.41, 5.74) is 2.07. The third-order valence-electron chi connectivity index (χ3n) is 2.05. The fourth-order valence-electron chi connectivity index (χ4n) is 1.20. The molecule has 0 spiro atoms. The molecule has 13 heavy (non-hydrogen) atoms. The fourth-order valence-corrected chi connectivity index (χ4v) is 1.83. The molecule has 0 N–H and O–H groups in total. The highest BCUT2D eigenvalue weighted by Gasteiger charge is 2.04. The van der Waals surface area contributed by atoms with Gasteiger partial charge in [0.2, 0.25) is 0 Å². The van der Waals surface area contributed by atoms with Crippen LogP contribution in [0.2, 0.25) is 0 Å². The summed E-state index contributed by atoms with van der Waals surface area (Å²) in [5.74, 6) is 0.218. The van der Waals surface area contributed by atoms with Crippen LogP contribution in [-0.2, 0) is 0 Å². The molecule has 1 aromatic carbocycles. The van der Waals surface area contributed by atoms with E-state index in [1.165, 1.54) is 10.5 Å². The number of hydrogen-bond donors (Lipinski definition) is 0. The van der Waals surface area contributed by atoms with Crippen LogP contribution in [0.4, 0.5) is 0 Å². The van der Waals surface area contributed by atoms with Crippen molar-refractivity contribution in [2.75, 3.05) is 6.26 Å². The van der Waals surface area contributed by atoms with Crippen LogP contribution in [0.15, 0.2) is 23.1 Å². The second kappa shape index (κ2) is 4.47. The molecular weight excluding hydrogens is 180 g/mol. The van der Waals surface area contributed by atoms with E-state index in [4.69, 9.17) is 0 Å². The molecule has 1 rings (SSSR count). The highest BCUT2D eigenvalue weighted by atomic mass is 32.2. The molecule has 0 aliphatic carbocycles. The van der Waals surface area contributed by atoms with Crippen LogP contribution in [0.25, 0.3) is 0 Å². The number of thioether (sulfide) groups is 1. The Balaban J connectivity index is 3.06. The van der Waals surface area contributed by atoms with E-state index >= 15 is 0 Å². The smallest absolute Gasteiger partial charge is 0.162 e. The normalized spacial score (nSPS) is 10.1. The Bertz CT molecular complexity index is 318. The lowest BCUT2D eigenvalue weighted by atomic mass is 10.1. The Morgan fingerprint density at radius 3 is 2.69 bits per heavy atom. The van der Waals surface area contributed by atoms with Crippen LogP contribution in [0.5, 0.6) is 0 Å². The molecule has 0 bridgehead atoms. The molecule has 2 heteroatoms. The van der Waals surface area contributed by atoms with Crippen molar-refractivity contribution in [2.24, 2.45) is 0 Å². The summed E-state index contributed by atoms with van der Waals surface area (Å²) < 4.78 is 0. The van der Waals surface area contributed by atoms with Gasteiger partial charge in [-0.2, -0.15) is 0 Å². The van der Waals surface area contributed by atoms with Crippen LogP contribution < -0.4 is 0 Å². The van der Waals surface area contributed by atoms with Crippen LogP contribution >= 0.6 is 11.8 Å². The minimum atomic E-state index is 0.218. The molecule has 0 aliphatic rings. The van der Waals surface area contributed by atoms with Crippen LogP contribution in [0.3, 0.4) is 0 Å². The summed E-state index contributed by atoms with van der Waals surface area (Å²) in [4.78, 5) is 12.6. The number of Topliss-reactive ketones (excluding diaryl/α,β-unsaturated/α-hetero) is 1. The summed E-state index contributed by atoms with van der Waals surface area (Å²) >= 11 is 1.69. The van der Waals surface area contributed by atoms with E-state index in [0.29, 0.717) is 6.42 Å². The lowest BCUT2D eigenvalue weighted by Gasteiger charge is -2.04. The SMILES string of the molecule is CCC(=O)c1ccc(C)c(SC)c1. The zero-order chi connectivity index (χ0) is 9.84. The van der Waals surface area contributed by atoms with Gasteiger partial charge in [-0.25, -0.2) is 0 Å². The van der Waals surface area contributed by atoms with E-state index in [1.54, 1.807) is 11.8 Å². The van der Waals surface area contributed by atoms with Gasteiger partial charge >= 0.3 is 0 Å². The maximum absolute atomic E-state index is 11.4. The van der Waals surface area contributed by atoms with E-state index in [9.17, 15) is 4.79 Å². The summed E-state index contributed by atoms with van der Waals surface area (Å²) in [7, 11) is 0. The molecule has 0 fully saturated rings. The summed E-state index contributed by atoms with van der Waals surface area (Å²) in [5, 5.41) is 0. The van der Waals surface area contributed by atoms with Gasteiger partial charge < -0.3 is 0 Å². The first-order valence-corrected chi connectivity index (χ1v) is 5.59. The van der Waals surface area contributed by atoms with Crippen molar-refractivity contribution in [1.29, 1.82) is 0 Å². The molecule has 0 aromatic heterocycles. The summed E-state index contributed by atoms with van der Waals surface area (Å²) in [6.45, 7) is 3.95. The fraction of sp³-hybridized carbons (Fsp3) is 0.364. The minimum absolute atomic E-state index is 0.218. The molecule has 0 radical (unpaired) electrons. The predicted molar refractivity (Wildman–Crippen MR) is 57.6 cm³/mol. The highest BCUT2D eigenvalue weighted by Crippen LogP contribution is 2.21. The maximum atomic E-state index is 11.4. The predicted octanol–water partition coefficient (Wildman–Crippen LogP) is 3.31. The Morgan fingerprint density at radius 2 is 2.15 bits per heavy atom. The number of carbonyl (C=O) groups excluding carboxylic acids is 1. The van der Waals surface area contributed by atoms with E-state index in [-0.39, 0.29) is 5.78 Å². The van der Waals surface area contributed by atoms with Crippen LogP contribution in [-0.4, -0.2) is 12.0 Å². The molecule has 0 amide bonds. The average Bonchev–Trinajstić information content (AvgIpc) is 2.17. The van der Waals surface area contributed by atoms with Crippen LogP contribution in [0, 0.1) is 6.92 Å². The number of aryl methyl sites for hydroxylation is 1. The molecule has 0 atom stereocenters. The van der Waals surface area contributed by atoms with E-state index < -0.39 is 0 Å². The Kier molecular flexibility index (Phi) is 3.55. The second-order valence-electron chi connectivity index (χ2n) is 2.96. The maximum Gasteiger partial charge on any atom is 0.162 e. The zero-order valence-corrected chi connectivity index (χ0v) is 9.07. The highest BCUT2D eigenvalue weighted by molar-refractivity contribution is 7.98. The number of ketones is 1. The number of hydrogen-bond acceptors (Lipinski definition) is 2. The molecule has 0 saturated heterocycles. The molecular formula is C11H14OS. The monoisotopic (exact) mass is 194 g/mol. The van der Waals surface area contributed by atoms with Gasteiger partial charge in [0.05, 0.1) is 0 Å². The zero-order valence-electron chi connectivity index (χ0n) is 8.26. The van der Waals surface area contributed by atoms with Crippen LogP contribution in [0.1, 0.15) is 29.3 Å². The van der Waals surface area contributed by atoms with Gasteiger partial charge in [0.25, 0.3) is 0 Å². The van der Waals surface area contributed by atoms with Gasteiger partial charge in [0, 0.05) is 16.9 Å². The van der Waals surface area contributed by atoms with Gasteiger partial charge in [-0.3, -0.25) is 4.79 Å². The van der Waals surface area contributed by atoms with Crippen molar-refractivity contribution in [1.82, 2.24) is 0 Å².